The number of hydrogen-bond acceptors (Lipinski definition) is 9. The number of rotatable bonds is 0. The van der Waals surface area contributed by atoms with Gasteiger partial charge in [0.2, 0.25) is 0 Å². The third kappa shape index (κ3) is 8.62. The van der Waals surface area contributed by atoms with Crippen molar-refractivity contribution in [1.29, 1.82) is 0 Å². The van der Waals surface area contributed by atoms with E-state index in [0.717, 1.165) is 59.5 Å². The molecule has 9 heterocycles. The molecule has 0 unspecified atom stereocenters. The minimum absolute atomic E-state index is 0. The number of fused-ring (bicyclic) bond motifs is 9. The van der Waals surface area contributed by atoms with E-state index in [0.29, 0.717) is 0 Å². The van der Waals surface area contributed by atoms with Gasteiger partial charge in [-0.15, -0.1) is 0 Å². The molecule has 9 saturated heterocycles. The van der Waals surface area contributed by atoms with Crippen LogP contribution in [-0.2, 0) is 41.9 Å². The fraction of sp³-hybridized carbons (Fsp3) is 1.00. The topological polar surface area (TPSA) is 83.1 Å². The van der Waals surface area contributed by atoms with Gasteiger partial charge in [0.05, 0.1) is 0 Å². The van der Waals surface area contributed by atoms with Crippen LogP contribution in [0, 0.1) is 16.2 Å². The molecule has 0 spiro atoms. The van der Waals surface area contributed by atoms with Crippen molar-refractivity contribution in [3.05, 3.63) is 0 Å². The van der Waals surface area contributed by atoms with Crippen LogP contribution in [-0.4, -0.2) is 81.4 Å². The van der Waals surface area contributed by atoms with Gasteiger partial charge in [0, 0.05) is 75.7 Å². The molecule has 0 aliphatic carbocycles. The van der Waals surface area contributed by atoms with Crippen LogP contribution >= 0.6 is 0 Å². The maximum atomic E-state index is 5.22. The molecular formula is C15H30B3KLiNaO9. The largest absolute Gasteiger partial charge is 1.00 e. The molecule has 0 aromatic rings. The Morgan fingerprint density at radius 1 is 0.433 bits per heavy atom. The van der Waals surface area contributed by atoms with Gasteiger partial charge in [-0.25, -0.2) is 0 Å². The molecule has 0 saturated carbocycles. The molecule has 0 aromatic heterocycles. The van der Waals surface area contributed by atoms with E-state index in [1.54, 1.807) is 0 Å². The maximum absolute atomic E-state index is 5.22. The molecule has 9 nitrogen and oxygen atoms in total. The summed E-state index contributed by atoms with van der Waals surface area (Å²) in [6.07, 6.45) is 0. The SMILES string of the molecule is CC12CO[BH-](OC1)OC2.CC12CO[BH-](OC1)OC2.CC12CO[BH-](OC1)OC2.[K+].[Li+].[Na+]. The van der Waals surface area contributed by atoms with Crippen LogP contribution < -0.4 is 99.8 Å². The van der Waals surface area contributed by atoms with Crippen molar-refractivity contribution >= 4 is 22.0 Å². The Balaban J connectivity index is 0.000000214. The first kappa shape index (κ1) is 31.1. The Labute approximate surface area is 256 Å². The number of hydrogen-bond donors (Lipinski definition) is 0. The molecule has 9 rings (SSSR count). The van der Waals surface area contributed by atoms with Gasteiger partial charge in [-0.3, -0.25) is 0 Å². The molecule has 9 aliphatic heterocycles. The average Bonchev–Trinajstić information content (AvgIpc) is 2.71. The van der Waals surface area contributed by atoms with E-state index >= 15 is 0 Å². The Morgan fingerprint density at radius 3 is 0.633 bits per heavy atom. The Hall–Kier alpha value is 3.07. The molecular weight excluding hydrogens is 426 g/mol. The Kier molecular flexibility index (Phi) is 13.9. The van der Waals surface area contributed by atoms with E-state index in [4.69, 9.17) is 41.9 Å². The normalized spacial score (nSPS) is 44.7. The quantitative estimate of drug-likeness (QED) is 0.331. The third-order valence-electron chi connectivity index (χ3n) is 5.55. The van der Waals surface area contributed by atoms with Gasteiger partial charge in [-0.2, -0.15) is 0 Å². The molecule has 9 aliphatic rings. The summed E-state index contributed by atoms with van der Waals surface area (Å²) in [6.45, 7) is 13.7. The van der Waals surface area contributed by atoms with Gasteiger partial charge in [-0.05, 0) is 0 Å². The molecule has 6 bridgehead atoms. The van der Waals surface area contributed by atoms with Gasteiger partial charge < -0.3 is 41.9 Å². The van der Waals surface area contributed by atoms with Crippen molar-refractivity contribution < 1.29 is 142 Å². The summed E-state index contributed by atoms with van der Waals surface area (Å²) in [6, 6.07) is 0. The second-order valence-electron chi connectivity index (χ2n) is 9.63. The van der Waals surface area contributed by atoms with E-state index in [1.807, 2.05) is 0 Å². The van der Waals surface area contributed by atoms with Crippen molar-refractivity contribution in [2.75, 3.05) is 59.5 Å². The van der Waals surface area contributed by atoms with E-state index in [-0.39, 0.29) is 116 Å². The molecule has 0 radical (unpaired) electrons. The summed E-state index contributed by atoms with van der Waals surface area (Å²) >= 11 is 0. The van der Waals surface area contributed by atoms with Gasteiger partial charge in [-0.1, -0.05) is 20.8 Å². The van der Waals surface area contributed by atoms with Crippen LogP contribution in [0.1, 0.15) is 20.8 Å². The molecule has 15 heteroatoms. The fourth-order valence-electron chi connectivity index (χ4n) is 3.87. The first-order valence-electron chi connectivity index (χ1n) is 9.88. The maximum Gasteiger partial charge on any atom is 1.00 e. The molecule has 9 fully saturated rings. The summed E-state index contributed by atoms with van der Waals surface area (Å²) in [5.41, 5.74) is 0.422. The van der Waals surface area contributed by atoms with Crippen LogP contribution in [0.25, 0.3) is 0 Å². The Morgan fingerprint density at radius 2 is 0.567 bits per heavy atom. The van der Waals surface area contributed by atoms with E-state index in [2.05, 4.69) is 20.8 Å². The van der Waals surface area contributed by atoms with Crippen molar-refractivity contribution in [3.63, 3.8) is 0 Å². The van der Waals surface area contributed by atoms with E-state index < -0.39 is 22.0 Å². The van der Waals surface area contributed by atoms with Crippen LogP contribution in [0.2, 0.25) is 0 Å². The standard InChI is InChI=1S/3C5H10BO3.K.Li.Na/c3*1-5-2-7-6(8-3-5)9-4-5;;;/h3*6H,2-4H2,1H3;;;/q3*-1;3*+1. The summed E-state index contributed by atoms with van der Waals surface area (Å²) in [5, 5.41) is 0. The fourth-order valence-corrected chi connectivity index (χ4v) is 3.87. The summed E-state index contributed by atoms with van der Waals surface area (Å²) < 4.78 is 47.0. The minimum atomic E-state index is -1.10. The van der Waals surface area contributed by atoms with Gasteiger partial charge in [0.1, 0.15) is 0 Å². The summed E-state index contributed by atoms with van der Waals surface area (Å²) in [7, 11) is -3.29. The summed E-state index contributed by atoms with van der Waals surface area (Å²) in [5.74, 6) is 0. The van der Waals surface area contributed by atoms with Crippen molar-refractivity contribution in [2.45, 2.75) is 20.8 Å². The Bertz CT molecular complexity index is 407. The summed E-state index contributed by atoms with van der Waals surface area (Å²) in [4.78, 5) is 0. The van der Waals surface area contributed by atoms with Crippen LogP contribution in [0.15, 0.2) is 0 Å². The minimum Gasteiger partial charge on any atom is -0.547 e. The monoisotopic (exact) mass is 456 g/mol. The van der Waals surface area contributed by atoms with E-state index in [9.17, 15) is 0 Å². The second-order valence-corrected chi connectivity index (χ2v) is 9.63. The molecule has 156 valence electrons. The zero-order valence-electron chi connectivity index (χ0n) is 19.7. The van der Waals surface area contributed by atoms with Gasteiger partial charge >= 0.3 is 122 Å². The first-order valence-corrected chi connectivity index (χ1v) is 9.88. The average molecular weight is 456 g/mol. The van der Waals surface area contributed by atoms with Crippen LogP contribution in [0.4, 0.5) is 0 Å². The van der Waals surface area contributed by atoms with Crippen molar-refractivity contribution in [3.8, 4) is 0 Å². The first-order chi connectivity index (χ1) is 12.9. The molecule has 0 amide bonds. The van der Waals surface area contributed by atoms with Gasteiger partial charge in [0.15, 0.2) is 0 Å². The predicted molar refractivity (Wildman–Crippen MR) is 99.3 cm³/mol. The third-order valence-corrected chi connectivity index (χ3v) is 5.55. The van der Waals surface area contributed by atoms with Crippen molar-refractivity contribution in [1.82, 2.24) is 0 Å². The predicted octanol–water partition coefficient (Wildman–Crippen LogP) is -9.63. The van der Waals surface area contributed by atoms with E-state index in [1.165, 1.54) is 0 Å². The smallest absolute Gasteiger partial charge is 0.547 e. The zero-order chi connectivity index (χ0) is 19.0. The molecule has 0 atom stereocenters. The second kappa shape index (κ2) is 13.4. The molecule has 30 heavy (non-hydrogen) atoms. The van der Waals surface area contributed by atoms with Gasteiger partial charge in [0.25, 0.3) is 0 Å². The molecule has 0 aromatic carbocycles. The zero-order valence-corrected chi connectivity index (χ0v) is 24.8. The van der Waals surface area contributed by atoms with Crippen LogP contribution in [0.5, 0.6) is 0 Å². The molecule has 0 N–H and O–H groups in total. The van der Waals surface area contributed by atoms with Crippen LogP contribution in [0.3, 0.4) is 0 Å². The van der Waals surface area contributed by atoms with Crippen molar-refractivity contribution in [2.24, 2.45) is 16.2 Å².